The number of guanidine groups is 2. The maximum Gasteiger partial charge on any atom is 0.223 e. The summed E-state index contributed by atoms with van der Waals surface area (Å²) in [6.45, 7) is 0.579. The third kappa shape index (κ3) is 4.85. The van der Waals surface area contributed by atoms with Crippen molar-refractivity contribution >= 4 is 23.3 Å². The van der Waals surface area contributed by atoms with Crippen molar-refractivity contribution in [1.29, 1.82) is 0 Å². The molecule has 0 aliphatic rings. The molecule has 8 N–H and O–H groups in total. The Morgan fingerprint density at radius 1 is 1.18 bits per heavy atom. The Kier molecular flexibility index (Phi) is 4.77. The van der Waals surface area contributed by atoms with Crippen LogP contribution in [0.2, 0.25) is 0 Å². The van der Waals surface area contributed by atoms with Gasteiger partial charge in [-0.15, -0.1) is 0 Å². The van der Waals surface area contributed by atoms with E-state index in [1.165, 1.54) is 0 Å². The van der Waals surface area contributed by atoms with Gasteiger partial charge in [0.25, 0.3) is 0 Å². The van der Waals surface area contributed by atoms with Gasteiger partial charge < -0.3 is 27.6 Å². The molecule has 0 fully saturated rings. The van der Waals surface area contributed by atoms with Crippen molar-refractivity contribution in [3.05, 3.63) is 24.3 Å². The standard InChI is InChI=1S/C10H16N6O/c11-9(12)16-10(13)15-8-3-1-7(2-4-8)14-5-6-17/h1-4,14,17H,5-6H2,(H6,11,12,13,15,16). The third-order valence-electron chi connectivity index (χ3n) is 1.80. The average Bonchev–Trinajstić information content (AvgIpc) is 2.27. The highest BCUT2D eigenvalue weighted by Gasteiger charge is 1.94. The fourth-order valence-electron chi connectivity index (χ4n) is 1.14. The largest absolute Gasteiger partial charge is 0.395 e. The normalized spacial score (nSPS) is 11.0. The number of nitrogens with two attached hydrogens (primary N) is 3. The molecule has 92 valence electrons. The summed E-state index contributed by atoms with van der Waals surface area (Å²) in [4.78, 5) is 7.59. The van der Waals surface area contributed by atoms with E-state index in [4.69, 9.17) is 22.3 Å². The monoisotopic (exact) mass is 236 g/mol. The van der Waals surface area contributed by atoms with Gasteiger partial charge in [0.15, 0.2) is 5.96 Å². The lowest BCUT2D eigenvalue weighted by atomic mass is 10.3. The van der Waals surface area contributed by atoms with Crippen LogP contribution in [0.3, 0.4) is 0 Å². The molecule has 0 spiro atoms. The summed E-state index contributed by atoms with van der Waals surface area (Å²) in [5.74, 6) is -0.131. The van der Waals surface area contributed by atoms with Crippen LogP contribution in [-0.2, 0) is 0 Å². The summed E-state index contributed by atoms with van der Waals surface area (Å²) in [7, 11) is 0. The molecular weight excluding hydrogens is 220 g/mol. The number of rotatable bonds is 4. The van der Waals surface area contributed by atoms with Crippen molar-refractivity contribution in [1.82, 2.24) is 0 Å². The van der Waals surface area contributed by atoms with E-state index in [0.29, 0.717) is 12.2 Å². The molecule has 0 aliphatic heterocycles. The minimum Gasteiger partial charge on any atom is -0.395 e. The van der Waals surface area contributed by atoms with Crippen molar-refractivity contribution in [3.63, 3.8) is 0 Å². The molecule has 0 radical (unpaired) electrons. The molecule has 0 atom stereocenters. The molecule has 0 bridgehead atoms. The van der Waals surface area contributed by atoms with Crippen LogP contribution < -0.4 is 22.5 Å². The summed E-state index contributed by atoms with van der Waals surface area (Å²) < 4.78 is 0. The zero-order valence-electron chi connectivity index (χ0n) is 9.30. The van der Waals surface area contributed by atoms with E-state index in [-0.39, 0.29) is 18.5 Å². The molecule has 0 aliphatic carbocycles. The van der Waals surface area contributed by atoms with E-state index < -0.39 is 0 Å². The summed E-state index contributed by atoms with van der Waals surface area (Å²) in [6.07, 6.45) is 0. The van der Waals surface area contributed by atoms with Crippen LogP contribution in [0.5, 0.6) is 0 Å². The number of hydrogen-bond acceptors (Lipinski definition) is 3. The molecule has 0 unspecified atom stereocenters. The highest BCUT2D eigenvalue weighted by atomic mass is 16.3. The number of aliphatic imine (C=N–C) groups is 2. The fraction of sp³-hybridized carbons (Fsp3) is 0.200. The second-order valence-corrected chi connectivity index (χ2v) is 3.20. The lowest BCUT2D eigenvalue weighted by Crippen LogP contribution is -2.26. The summed E-state index contributed by atoms with van der Waals surface area (Å²) in [5, 5.41) is 11.7. The Balaban J connectivity index is 2.71. The van der Waals surface area contributed by atoms with Crippen molar-refractivity contribution in [2.45, 2.75) is 0 Å². The predicted octanol–water partition coefficient (Wildman–Crippen LogP) is -0.690. The minimum atomic E-state index is -0.132. The molecule has 0 aromatic heterocycles. The topological polar surface area (TPSA) is 135 Å². The molecular formula is C10H16N6O. The molecule has 0 saturated heterocycles. The van der Waals surface area contributed by atoms with Gasteiger partial charge in [-0.2, -0.15) is 4.99 Å². The summed E-state index contributed by atoms with van der Waals surface area (Å²) in [5.41, 5.74) is 17.3. The van der Waals surface area contributed by atoms with Crippen molar-refractivity contribution in [2.24, 2.45) is 27.2 Å². The molecule has 0 saturated carbocycles. The smallest absolute Gasteiger partial charge is 0.223 e. The quantitative estimate of drug-likeness (QED) is 0.348. The first-order valence-corrected chi connectivity index (χ1v) is 5.00. The molecule has 7 nitrogen and oxygen atoms in total. The van der Waals surface area contributed by atoms with Gasteiger partial charge in [0, 0.05) is 12.2 Å². The Hall–Kier alpha value is -2.28. The van der Waals surface area contributed by atoms with Gasteiger partial charge in [-0.25, -0.2) is 4.99 Å². The number of nitrogens with one attached hydrogen (secondary N) is 1. The first-order chi connectivity index (χ1) is 8.11. The van der Waals surface area contributed by atoms with Crippen LogP contribution in [0.4, 0.5) is 11.4 Å². The molecule has 0 amide bonds. The lowest BCUT2D eigenvalue weighted by Gasteiger charge is -2.03. The Morgan fingerprint density at radius 2 is 1.82 bits per heavy atom. The second-order valence-electron chi connectivity index (χ2n) is 3.20. The van der Waals surface area contributed by atoms with E-state index in [0.717, 1.165) is 5.69 Å². The molecule has 17 heavy (non-hydrogen) atoms. The van der Waals surface area contributed by atoms with E-state index in [2.05, 4.69) is 15.3 Å². The van der Waals surface area contributed by atoms with Crippen LogP contribution in [0.1, 0.15) is 0 Å². The number of benzene rings is 1. The highest BCUT2D eigenvalue weighted by molar-refractivity contribution is 5.93. The van der Waals surface area contributed by atoms with E-state index in [1.54, 1.807) is 12.1 Å². The van der Waals surface area contributed by atoms with Gasteiger partial charge in [0.05, 0.1) is 12.3 Å². The predicted molar refractivity (Wildman–Crippen MR) is 69.1 cm³/mol. The first kappa shape index (κ1) is 12.8. The molecule has 1 aromatic carbocycles. The second kappa shape index (κ2) is 6.33. The van der Waals surface area contributed by atoms with E-state index in [9.17, 15) is 0 Å². The number of anilines is 1. The molecule has 1 rings (SSSR count). The minimum absolute atomic E-state index is 0.000988. The zero-order valence-corrected chi connectivity index (χ0v) is 9.30. The van der Waals surface area contributed by atoms with Gasteiger partial charge in [-0.05, 0) is 24.3 Å². The van der Waals surface area contributed by atoms with Crippen LogP contribution in [-0.4, -0.2) is 30.2 Å². The van der Waals surface area contributed by atoms with Gasteiger partial charge in [0.1, 0.15) is 0 Å². The number of aliphatic hydroxyl groups is 1. The van der Waals surface area contributed by atoms with Gasteiger partial charge >= 0.3 is 0 Å². The highest BCUT2D eigenvalue weighted by Crippen LogP contribution is 2.15. The van der Waals surface area contributed by atoms with Crippen molar-refractivity contribution in [2.75, 3.05) is 18.5 Å². The Morgan fingerprint density at radius 3 is 2.35 bits per heavy atom. The molecule has 7 heteroatoms. The first-order valence-electron chi connectivity index (χ1n) is 5.00. The molecule has 1 aromatic rings. The van der Waals surface area contributed by atoms with Crippen molar-refractivity contribution in [3.8, 4) is 0 Å². The maximum atomic E-state index is 8.65. The fourth-order valence-corrected chi connectivity index (χ4v) is 1.14. The van der Waals surface area contributed by atoms with E-state index >= 15 is 0 Å². The van der Waals surface area contributed by atoms with Gasteiger partial charge in [-0.1, -0.05) is 0 Å². The number of hydrogen-bond donors (Lipinski definition) is 5. The number of nitrogens with zero attached hydrogens (tertiary/aromatic N) is 2. The zero-order chi connectivity index (χ0) is 12.7. The van der Waals surface area contributed by atoms with Crippen LogP contribution in [0.25, 0.3) is 0 Å². The van der Waals surface area contributed by atoms with Crippen molar-refractivity contribution < 1.29 is 5.11 Å². The van der Waals surface area contributed by atoms with Gasteiger partial charge in [-0.3, -0.25) is 0 Å². The summed E-state index contributed by atoms with van der Waals surface area (Å²) in [6, 6.07) is 7.15. The van der Waals surface area contributed by atoms with E-state index in [1.807, 2.05) is 12.1 Å². The van der Waals surface area contributed by atoms with Crippen LogP contribution in [0, 0.1) is 0 Å². The Bertz CT molecular complexity index is 407. The SMILES string of the molecule is NC(N)=NC(N)=Nc1ccc(NCCO)cc1. The maximum absolute atomic E-state index is 8.65. The average molecular weight is 236 g/mol. The van der Waals surface area contributed by atoms with Crippen LogP contribution in [0.15, 0.2) is 34.3 Å². The lowest BCUT2D eigenvalue weighted by molar-refractivity contribution is 0.311. The summed E-state index contributed by atoms with van der Waals surface area (Å²) >= 11 is 0. The number of aliphatic hydroxyl groups excluding tert-OH is 1. The Labute approximate surface area is 99.0 Å². The van der Waals surface area contributed by atoms with Crippen LogP contribution >= 0.6 is 0 Å². The third-order valence-corrected chi connectivity index (χ3v) is 1.80. The molecule has 0 heterocycles. The van der Waals surface area contributed by atoms with Gasteiger partial charge in [0.2, 0.25) is 5.96 Å².